The first-order valence-corrected chi connectivity index (χ1v) is 17.4. The number of nitrogens with one attached hydrogen (secondary N) is 2. The molecule has 1 rings (SSSR count). The van der Waals surface area contributed by atoms with Crippen LogP contribution in [0.3, 0.4) is 0 Å². The number of likely N-dealkylation sites (N-methyl/N-ethyl adjacent to an activating group) is 5. The molecule has 49 heavy (non-hydrogen) atoms. The zero-order valence-electron chi connectivity index (χ0n) is 32.2. The maximum Gasteiger partial charge on any atom is 0.254 e. The molecule has 0 aromatic heterocycles. The number of amides is 6. The fourth-order valence-corrected chi connectivity index (χ4v) is 6.14. The second kappa shape index (κ2) is 19.3. The Labute approximate surface area is 294 Å². The number of benzene rings is 1. The number of carbonyl (C=O) groups is 6. The van der Waals surface area contributed by atoms with Gasteiger partial charge in [-0.15, -0.1) is 0 Å². The van der Waals surface area contributed by atoms with E-state index in [0.717, 1.165) is 0 Å². The van der Waals surface area contributed by atoms with Gasteiger partial charge in [-0.2, -0.15) is 0 Å². The lowest BCUT2D eigenvalue weighted by molar-refractivity contribution is -0.152. The molecular formula is C37H62N6O6. The van der Waals surface area contributed by atoms with Crippen molar-refractivity contribution < 1.29 is 28.8 Å². The van der Waals surface area contributed by atoms with Gasteiger partial charge in [-0.1, -0.05) is 86.4 Å². The molecule has 0 bridgehead atoms. The van der Waals surface area contributed by atoms with E-state index in [1.807, 2.05) is 55.4 Å². The van der Waals surface area contributed by atoms with E-state index in [1.165, 1.54) is 33.7 Å². The summed E-state index contributed by atoms with van der Waals surface area (Å²) in [6.45, 7) is 16.5. The summed E-state index contributed by atoms with van der Waals surface area (Å²) >= 11 is 0. The number of nitrogens with zero attached hydrogens (tertiary/aromatic N) is 4. The van der Waals surface area contributed by atoms with Gasteiger partial charge in [-0.3, -0.25) is 28.8 Å². The Morgan fingerprint density at radius 2 is 1.06 bits per heavy atom. The standard InChI is InChI=1S/C37H62N6O6/c1-15-24(7)30(32(44)38-10)42(13)36(48)28(22(3)4)39-33(45)29(23(5)6)41(12)37(49)31(25(8)16-2)43(14)34(46)26(9)40(11)35(47)27-20-18-17-19-21-27/h17-26,28-31H,15-16H2,1-14H3,(H,38,44)(H,39,45)/t24-,25-,26-,28-,29-,30-,31-/m0/s1. The molecule has 6 amide bonds. The van der Waals surface area contributed by atoms with E-state index in [9.17, 15) is 28.8 Å². The minimum atomic E-state index is -0.967. The van der Waals surface area contributed by atoms with Gasteiger partial charge in [0, 0.05) is 40.8 Å². The number of carbonyl (C=O) groups excluding carboxylic acids is 6. The Kier molecular flexibility index (Phi) is 16.9. The van der Waals surface area contributed by atoms with Crippen LogP contribution >= 0.6 is 0 Å². The molecule has 0 spiro atoms. The summed E-state index contributed by atoms with van der Waals surface area (Å²) in [5.41, 5.74) is 0.445. The summed E-state index contributed by atoms with van der Waals surface area (Å²) < 4.78 is 0. The van der Waals surface area contributed by atoms with Crippen LogP contribution in [0.1, 0.15) is 85.5 Å². The summed E-state index contributed by atoms with van der Waals surface area (Å²) in [5.74, 6) is -3.42. The molecule has 0 heterocycles. The van der Waals surface area contributed by atoms with E-state index in [1.54, 1.807) is 58.4 Å². The van der Waals surface area contributed by atoms with Gasteiger partial charge in [0.2, 0.25) is 29.5 Å². The number of rotatable bonds is 17. The highest BCUT2D eigenvalue weighted by molar-refractivity contribution is 5.99. The lowest BCUT2D eigenvalue weighted by Gasteiger charge is -2.40. The van der Waals surface area contributed by atoms with Crippen molar-refractivity contribution in [3.8, 4) is 0 Å². The third-order valence-corrected chi connectivity index (χ3v) is 9.84. The molecule has 0 aliphatic heterocycles. The molecule has 0 aliphatic carbocycles. The highest BCUT2D eigenvalue weighted by atomic mass is 16.2. The molecule has 0 aliphatic rings. The molecule has 1 aromatic rings. The van der Waals surface area contributed by atoms with E-state index >= 15 is 0 Å². The lowest BCUT2D eigenvalue weighted by atomic mass is 9.93. The fraction of sp³-hybridized carbons (Fsp3) is 0.676. The molecule has 0 unspecified atom stereocenters. The first-order valence-electron chi connectivity index (χ1n) is 17.4. The quantitative estimate of drug-likeness (QED) is 0.258. The van der Waals surface area contributed by atoms with Crippen LogP contribution in [0, 0.1) is 23.7 Å². The van der Waals surface area contributed by atoms with Crippen molar-refractivity contribution in [2.75, 3.05) is 35.2 Å². The molecule has 276 valence electrons. The van der Waals surface area contributed by atoms with E-state index in [-0.39, 0.29) is 35.5 Å². The molecule has 1 aromatic carbocycles. The highest BCUT2D eigenvalue weighted by Crippen LogP contribution is 2.23. The van der Waals surface area contributed by atoms with Gasteiger partial charge in [-0.05, 0) is 42.7 Å². The van der Waals surface area contributed by atoms with E-state index in [2.05, 4.69) is 10.6 Å². The van der Waals surface area contributed by atoms with Crippen LogP contribution in [0.25, 0.3) is 0 Å². The first-order chi connectivity index (χ1) is 22.8. The Hall–Kier alpha value is -3.96. The molecule has 12 nitrogen and oxygen atoms in total. The molecule has 2 N–H and O–H groups in total. The van der Waals surface area contributed by atoms with Crippen molar-refractivity contribution in [2.45, 2.75) is 105 Å². The predicted octanol–water partition coefficient (Wildman–Crippen LogP) is 3.26. The van der Waals surface area contributed by atoms with Gasteiger partial charge in [0.05, 0.1) is 0 Å². The van der Waals surface area contributed by atoms with Crippen molar-refractivity contribution in [3.05, 3.63) is 35.9 Å². The van der Waals surface area contributed by atoms with Crippen molar-refractivity contribution in [1.29, 1.82) is 0 Å². The monoisotopic (exact) mass is 686 g/mol. The summed E-state index contributed by atoms with van der Waals surface area (Å²) in [6.07, 6.45) is 1.25. The van der Waals surface area contributed by atoms with Crippen LogP contribution in [0.5, 0.6) is 0 Å². The van der Waals surface area contributed by atoms with E-state index in [0.29, 0.717) is 18.4 Å². The normalized spacial score (nSPS) is 15.6. The average molecular weight is 687 g/mol. The first kappa shape index (κ1) is 43.1. The van der Waals surface area contributed by atoms with Gasteiger partial charge in [-0.25, -0.2) is 0 Å². The molecule has 12 heteroatoms. The zero-order chi connectivity index (χ0) is 37.9. The van der Waals surface area contributed by atoms with Crippen LogP contribution in [0.4, 0.5) is 0 Å². The Bertz CT molecular complexity index is 1290. The van der Waals surface area contributed by atoms with Crippen LogP contribution in [-0.2, 0) is 24.0 Å². The van der Waals surface area contributed by atoms with Gasteiger partial charge in [0.1, 0.15) is 30.2 Å². The minimum absolute atomic E-state index is 0.124. The second-order valence-electron chi connectivity index (χ2n) is 14.0. The predicted molar refractivity (Wildman–Crippen MR) is 192 cm³/mol. The SMILES string of the molecule is CC[C@H](C)[C@@H](C(=O)NC)N(C)C(=O)[C@@H](NC(=O)[C@H](C(C)C)N(C)C(=O)[C@H]([C@@H](C)CC)N(C)C(=O)[C@H](C)N(C)C(=O)c1ccccc1)C(C)C. The second-order valence-corrected chi connectivity index (χ2v) is 14.0. The number of hydrogen-bond donors (Lipinski definition) is 2. The Morgan fingerprint density at radius 1 is 0.592 bits per heavy atom. The molecule has 0 saturated carbocycles. The minimum Gasteiger partial charge on any atom is -0.357 e. The highest BCUT2D eigenvalue weighted by Gasteiger charge is 2.42. The zero-order valence-corrected chi connectivity index (χ0v) is 32.2. The lowest BCUT2D eigenvalue weighted by Crippen LogP contribution is -2.62. The number of hydrogen-bond acceptors (Lipinski definition) is 6. The summed E-state index contributed by atoms with van der Waals surface area (Å²) in [7, 11) is 7.74. The van der Waals surface area contributed by atoms with Crippen LogP contribution in [-0.4, -0.2) is 120 Å². The van der Waals surface area contributed by atoms with Gasteiger partial charge in [0.15, 0.2) is 0 Å². The van der Waals surface area contributed by atoms with Gasteiger partial charge in [0.25, 0.3) is 5.91 Å². The van der Waals surface area contributed by atoms with Crippen molar-refractivity contribution in [1.82, 2.24) is 30.2 Å². The van der Waals surface area contributed by atoms with Crippen LogP contribution in [0.2, 0.25) is 0 Å². The summed E-state index contributed by atoms with van der Waals surface area (Å²) in [6, 6.07) is 4.24. The molecule has 0 radical (unpaired) electrons. The molecule has 7 atom stereocenters. The molecular weight excluding hydrogens is 624 g/mol. The maximum atomic E-state index is 14.3. The van der Waals surface area contributed by atoms with E-state index < -0.39 is 53.8 Å². The maximum absolute atomic E-state index is 14.3. The molecule has 0 saturated heterocycles. The van der Waals surface area contributed by atoms with Crippen molar-refractivity contribution in [2.24, 2.45) is 23.7 Å². The third-order valence-electron chi connectivity index (χ3n) is 9.84. The smallest absolute Gasteiger partial charge is 0.254 e. The van der Waals surface area contributed by atoms with Crippen molar-refractivity contribution in [3.63, 3.8) is 0 Å². The summed E-state index contributed by atoms with van der Waals surface area (Å²) in [5, 5.41) is 5.54. The van der Waals surface area contributed by atoms with Crippen LogP contribution in [0.15, 0.2) is 30.3 Å². The fourth-order valence-electron chi connectivity index (χ4n) is 6.14. The average Bonchev–Trinajstić information content (AvgIpc) is 3.08. The molecule has 0 fully saturated rings. The van der Waals surface area contributed by atoms with Gasteiger partial charge < -0.3 is 30.2 Å². The largest absolute Gasteiger partial charge is 0.357 e. The van der Waals surface area contributed by atoms with Crippen molar-refractivity contribution >= 4 is 35.4 Å². The van der Waals surface area contributed by atoms with Crippen LogP contribution < -0.4 is 10.6 Å². The summed E-state index contributed by atoms with van der Waals surface area (Å²) in [4.78, 5) is 87.3. The Morgan fingerprint density at radius 3 is 1.51 bits per heavy atom. The Balaban J connectivity index is 3.37. The topological polar surface area (TPSA) is 139 Å². The third kappa shape index (κ3) is 10.5. The van der Waals surface area contributed by atoms with E-state index in [4.69, 9.17) is 0 Å². The van der Waals surface area contributed by atoms with Gasteiger partial charge >= 0.3 is 0 Å².